The first-order chi connectivity index (χ1) is 9.22. The summed E-state index contributed by atoms with van der Waals surface area (Å²) in [4.78, 5) is 17.1. The van der Waals surface area contributed by atoms with Crippen LogP contribution in [0.4, 0.5) is 5.69 Å². The molecule has 0 radical (unpaired) electrons. The van der Waals surface area contributed by atoms with Crippen LogP contribution in [0, 0.1) is 0 Å². The Morgan fingerprint density at radius 1 is 1.42 bits per heavy atom. The third-order valence-electron chi connectivity index (χ3n) is 2.72. The second-order valence-electron chi connectivity index (χ2n) is 4.09. The summed E-state index contributed by atoms with van der Waals surface area (Å²) in [5.74, 6) is -0.0743. The lowest BCUT2D eigenvalue weighted by atomic mass is 10.2. The summed E-state index contributed by atoms with van der Waals surface area (Å²) < 4.78 is 0. The molecular weight excluding hydrogens is 258 g/mol. The van der Waals surface area contributed by atoms with Gasteiger partial charge in [0.15, 0.2) is 0 Å². The SMILES string of the molecule is CCc1ncc(CNc2cccc(C(=O)NC)c2)s1. The van der Waals surface area contributed by atoms with Crippen LogP contribution in [0.1, 0.15) is 27.2 Å². The third kappa shape index (κ3) is 3.54. The maximum absolute atomic E-state index is 11.5. The van der Waals surface area contributed by atoms with Crippen molar-refractivity contribution in [1.82, 2.24) is 10.3 Å². The van der Waals surface area contributed by atoms with E-state index in [-0.39, 0.29) is 5.91 Å². The van der Waals surface area contributed by atoms with Crippen molar-refractivity contribution in [2.24, 2.45) is 0 Å². The summed E-state index contributed by atoms with van der Waals surface area (Å²) in [5, 5.41) is 7.08. The van der Waals surface area contributed by atoms with Gasteiger partial charge in [-0.25, -0.2) is 4.98 Å². The van der Waals surface area contributed by atoms with E-state index in [1.54, 1.807) is 24.5 Å². The van der Waals surface area contributed by atoms with Crippen LogP contribution in [-0.4, -0.2) is 17.9 Å². The van der Waals surface area contributed by atoms with Crippen LogP contribution >= 0.6 is 11.3 Å². The minimum absolute atomic E-state index is 0.0743. The Morgan fingerprint density at radius 2 is 2.26 bits per heavy atom. The molecule has 0 aliphatic rings. The fourth-order valence-corrected chi connectivity index (χ4v) is 2.50. The molecule has 1 aromatic heterocycles. The molecule has 5 heteroatoms. The molecule has 0 bridgehead atoms. The van der Waals surface area contributed by atoms with Gasteiger partial charge in [0.25, 0.3) is 5.91 Å². The normalized spacial score (nSPS) is 10.2. The summed E-state index contributed by atoms with van der Waals surface area (Å²) >= 11 is 1.71. The topological polar surface area (TPSA) is 54.0 Å². The number of nitrogens with zero attached hydrogens (tertiary/aromatic N) is 1. The first-order valence-electron chi connectivity index (χ1n) is 6.22. The van der Waals surface area contributed by atoms with Gasteiger partial charge in [-0.15, -0.1) is 11.3 Å². The number of amides is 1. The molecule has 0 fully saturated rings. The van der Waals surface area contributed by atoms with Crippen molar-refractivity contribution in [2.45, 2.75) is 19.9 Å². The maximum Gasteiger partial charge on any atom is 0.251 e. The van der Waals surface area contributed by atoms with Gasteiger partial charge in [-0.1, -0.05) is 13.0 Å². The summed E-state index contributed by atoms with van der Waals surface area (Å²) in [5.41, 5.74) is 1.60. The monoisotopic (exact) mass is 275 g/mol. The largest absolute Gasteiger partial charge is 0.380 e. The Hall–Kier alpha value is -1.88. The van der Waals surface area contributed by atoms with Crippen LogP contribution in [0.25, 0.3) is 0 Å². The quantitative estimate of drug-likeness (QED) is 0.882. The fraction of sp³-hybridized carbons (Fsp3) is 0.286. The smallest absolute Gasteiger partial charge is 0.251 e. The molecule has 0 aliphatic carbocycles. The van der Waals surface area contributed by atoms with Gasteiger partial charge in [0.2, 0.25) is 0 Å². The molecule has 1 aromatic carbocycles. The van der Waals surface area contributed by atoms with Crippen molar-refractivity contribution in [2.75, 3.05) is 12.4 Å². The zero-order valence-electron chi connectivity index (χ0n) is 11.1. The predicted octanol–water partition coefficient (Wildman–Crippen LogP) is 2.68. The van der Waals surface area contributed by atoms with Crippen molar-refractivity contribution in [1.29, 1.82) is 0 Å². The van der Waals surface area contributed by atoms with E-state index in [0.717, 1.165) is 23.7 Å². The number of rotatable bonds is 5. The van der Waals surface area contributed by atoms with E-state index in [4.69, 9.17) is 0 Å². The van der Waals surface area contributed by atoms with E-state index in [1.165, 1.54) is 4.88 Å². The summed E-state index contributed by atoms with van der Waals surface area (Å²) in [6.07, 6.45) is 2.87. The van der Waals surface area contributed by atoms with Crippen molar-refractivity contribution in [3.05, 3.63) is 45.9 Å². The molecule has 2 N–H and O–H groups in total. The maximum atomic E-state index is 11.5. The number of carbonyl (C=O) groups is 1. The number of aryl methyl sites for hydroxylation is 1. The first kappa shape index (κ1) is 13.5. The minimum Gasteiger partial charge on any atom is -0.380 e. The Balaban J connectivity index is 2.01. The second-order valence-corrected chi connectivity index (χ2v) is 5.29. The lowest BCUT2D eigenvalue weighted by Crippen LogP contribution is -2.17. The van der Waals surface area contributed by atoms with E-state index < -0.39 is 0 Å². The zero-order chi connectivity index (χ0) is 13.7. The molecule has 2 aromatic rings. The van der Waals surface area contributed by atoms with Gasteiger partial charge in [0.05, 0.1) is 11.6 Å². The lowest BCUT2D eigenvalue weighted by molar-refractivity contribution is 0.0963. The molecule has 0 atom stereocenters. The number of thiazole rings is 1. The second kappa shape index (κ2) is 6.33. The number of aromatic nitrogens is 1. The van der Waals surface area contributed by atoms with E-state index in [9.17, 15) is 4.79 Å². The van der Waals surface area contributed by atoms with Crippen LogP contribution < -0.4 is 10.6 Å². The highest BCUT2D eigenvalue weighted by Crippen LogP contribution is 2.16. The van der Waals surface area contributed by atoms with Crippen LogP contribution in [-0.2, 0) is 13.0 Å². The Bertz CT molecular complexity index is 565. The molecule has 0 saturated carbocycles. The van der Waals surface area contributed by atoms with Gasteiger partial charge < -0.3 is 10.6 Å². The van der Waals surface area contributed by atoms with Crippen LogP contribution in [0.15, 0.2) is 30.5 Å². The molecule has 2 rings (SSSR count). The van der Waals surface area contributed by atoms with Crippen molar-refractivity contribution in [3.8, 4) is 0 Å². The molecule has 0 unspecified atom stereocenters. The molecule has 0 spiro atoms. The van der Waals surface area contributed by atoms with E-state index >= 15 is 0 Å². The summed E-state index contributed by atoms with van der Waals surface area (Å²) in [7, 11) is 1.63. The fourth-order valence-electron chi connectivity index (χ4n) is 1.70. The molecule has 19 heavy (non-hydrogen) atoms. The zero-order valence-corrected chi connectivity index (χ0v) is 11.9. The number of benzene rings is 1. The molecule has 0 saturated heterocycles. The average molecular weight is 275 g/mol. The highest BCUT2D eigenvalue weighted by atomic mass is 32.1. The average Bonchev–Trinajstić information content (AvgIpc) is 2.92. The van der Waals surface area contributed by atoms with Crippen molar-refractivity contribution < 1.29 is 4.79 Å². The Morgan fingerprint density at radius 3 is 2.95 bits per heavy atom. The van der Waals surface area contributed by atoms with Crippen molar-refractivity contribution >= 4 is 22.9 Å². The van der Waals surface area contributed by atoms with Crippen LogP contribution in [0.5, 0.6) is 0 Å². The summed E-state index contributed by atoms with van der Waals surface area (Å²) in [6, 6.07) is 7.47. The van der Waals surface area contributed by atoms with E-state index in [1.807, 2.05) is 24.4 Å². The number of hydrogen-bond acceptors (Lipinski definition) is 4. The molecule has 1 amide bonds. The van der Waals surface area contributed by atoms with Crippen LogP contribution in [0.3, 0.4) is 0 Å². The molecule has 1 heterocycles. The minimum atomic E-state index is -0.0743. The highest BCUT2D eigenvalue weighted by molar-refractivity contribution is 7.11. The number of hydrogen-bond donors (Lipinski definition) is 2. The number of nitrogens with one attached hydrogen (secondary N) is 2. The van der Waals surface area contributed by atoms with E-state index in [2.05, 4.69) is 22.5 Å². The predicted molar refractivity (Wildman–Crippen MR) is 78.7 cm³/mol. The molecule has 4 nitrogen and oxygen atoms in total. The first-order valence-corrected chi connectivity index (χ1v) is 7.04. The van der Waals surface area contributed by atoms with Crippen LogP contribution in [0.2, 0.25) is 0 Å². The number of anilines is 1. The van der Waals surface area contributed by atoms with Gasteiger partial charge in [-0.05, 0) is 24.6 Å². The third-order valence-corrected chi connectivity index (χ3v) is 3.86. The molecule has 0 aliphatic heterocycles. The molecule has 100 valence electrons. The molecular formula is C14H17N3OS. The number of carbonyl (C=O) groups excluding carboxylic acids is 1. The highest BCUT2D eigenvalue weighted by Gasteiger charge is 2.04. The van der Waals surface area contributed by atoms with Gasteiger partial charge in [0, 0.05) is 29.4 Å². The van der Waals surface area contributed by atoms with Gasteiger partial charge in [0.1, 0.15) is 0 Å². The van der Waals surface area contributed by atoms with Gasteiger partial charge >= 0.3 is 0 Å². The van der Waals surface area contributed by atoms with Gasteiger partial charge in [-0.3, -0.25) is 4.79 Å². The Kier molecular flexibility index (Phi) is 4.52. The standard InChI is InChI=1S/C14H17N3OS/c1-3-13-17-9-12(19-13)8-16-11-6-4-5-10(7-11)14(18)15-2/h4-7,9,16H,3,8H2,1-2H3,(H,15,18). The lowest BCUT2D eigenvalue weighted by Gasteiger charge is -2.06. The summed E-state index contributed by atoms with van der Waals surface area (Å²) in [6.45, 7) is 2.83. The van der Waals surface area contributed by atoms with Crippen molar-refractivity contribution in [3.63, 3.8) is 0 Å². The van der Waals surface area contributed by atoms with Gasteiger partial charge in [-0.2, -0.15) is 0 Å². The Labute approximate surface area is 116 Å². The van der Waals surface area contributed by atoms with E-state index in [0.29, 0.717) is 5.56 Å².